The van der Waals surface area contributed by atoms with Crippen LogP contribution in [0.1, 0.15) is 32.3 Å². The Bertz CT molecular complexity index is 511. The van der Waals surface area contributed by atoms with Crippen LogP contribution in [0.25, 0.3) is 0 Å². The van der Waals surface area contributed by atoms with E-state index in [2.05, 4.69) is 0 Å². The number of rotatable bonds is 7. The van der Waals surface area contributed by atoms with Crippen LogP contribution in [0.2, 0.25) is 0 Å². The van der Waals surface area contributed by atoms with Crippen molar-refractivity contribution in [3.05, 3.63) is 23.8 Å². The molecule has 0 radical (unpaired) electrons. The van der Waals surface area contributed by atoms with E-state index in [9.17, 15) is 9.59 Å². The van der Waals surface area contributed by atoms with Gasteiger partial charge >= 0.3 is 5.97 Å². The highest BCUT2D eigenvalue weighted by atomic mass is 16.5. The van der Waals surface area contributed by atoms with E-state index >= 15 is 0 Å². The minimum Gasteiger partial charge on any atom is -0.495 e. The Balaban J connectivity index is 3.12. The number of carboxylic acid groups (broad SMARTS) is 1. The minimum atomic E-state index is -0.927. The summed E-state index contributed by atoms with van der Waals surface area (Å²) in [5, 5.41) is 8.88. The lowest BCUT2D eigenvalue weighted by atomic mass is 10.1. The molecule has 5 heteroatoms. The average molecular weight is 293 g/mol. The average Bonchev–Trinajstić information content (AvgIpc) is 2.38. The number of anilines is 1. The van der Waals surface area contributed by atoms with Gasteiger partial charge in [-0.3, -0.25) is 9.59 Å². The highest BCUT2D eigenvalue weighted by molar-refractivity contribution is 5.95. The molecule has 1 aromatic carbocycles. The van der Waals surface area contributed by atoms with Crippen LogP contribution in [0.4, 0.5) is 5.69 Å². The molecule has 1 N–H and O–H groups in total. The van der Waals surface area contributed by atoms with Crippen molar-refractivity contribution in [2.75, 3.05) is 18.6 Å². The highest BCUT2D eigenvalue weighted by Crippen LogP contribution is 2.30. The third-order valence-electron chi connectivity index (χ3n) is 3.06. The molecule has 0 saturated heterocycles. The van der Waals surface area contributed by atoms with E-state index in [4.69, 9.17) is 9.84 Å². The second kappa shape index (κ2) is 7.67. The number of carboxylic acids is 1. The molecule has 116 valence electrons. The molecule has 0 aromatic heterocycles. The van der Waals surface area contributed by atoms with Crippen LogP contribution in [0.5, 0.6) is 5.75 Å². The van der Waals surface area contributed by atoms with Gasteiger partial charge < -0.3 is 14.7 Å². The monoisotopic (exact) mass is 293 g/mol. The number of carbonyl (C=O) groups is 2. The van der Waals surface area contributed by atoms with Crippen molar-refractivity contribution >= 4 is 17.6 Å². The number of aryl methyl sites for hydroxylation is 1. The van der Waals surface area contributed by atoms with Crippen LogP contribution in [0.15, 0.2) is 18.2 Å². The third kappa shape index (κ3) is 5.10. The molecule has 0 atom stereocenters. The van der Waals surface area contributed by atoms with Gasteiger partial charge in [-0.25, -0.2) is 0 Å². The topological polar surface area (TPSA) is 66.8 Å². The number of benzene rings is 1. The van der Waals surface area contributed by atoms with E-state index in [1.807, 2.05) is 32.9 Å². The fourth-order valence-electron chi connectivity index (χ4n) is 2.06. The van der Waals surface area contributed by atoms with Gasteiger partial charge in [-0.15, -0.1) is 0 Å². The first-order valence-corrected chi connectivity index (χ1v) is 7.02. The number of carbonyl (C=O) groups excluding carboxylic acids is 1. The molecule has 0 saturated carbocycles. The van der Waals surface area contributed by atoms with Crippen molar-refractivity contribution in [1.82, 2.24) is 0 Å². The summed E-state index contributed by atoms with van der Waals surface area (Å²) in [6.45, 7) is 5.98. The van der Waals surface area contributed by atoms with Crippen molar-refractivity contribution in [3.8, 4) is 5.75 Å². The number of hydrogen-bond acceptors (Lipinski definition) is 3. The van der Waals surface area contributed by atoms with Gasteiger partial charge in [-0.2, -0.15) is 0 Å². The molecule has 1 rings (SSSR count). The van der Waals surface area contributed by atoms with Gasteiger partial charge in [-0.05, 0) is 30.5 Å². The quantitative estimate of drug-likeness (QED) is 0.839. The largest absolute Gasteiger partial charge is 0.495 e. The van der Waals surface area contributed by atoms with Gasteiger partial charge in [0, 0.05) is 13.0 Å². The third-order valence-corrected chi connectivity index (χ3v) is 3.06. The second-order valence-electron chi connectivity index (χ2n) is 5.46. The van der Waals surface area contributed by atoms with Crippen LogP contribution < -0.4 is 9.64 Å². The van der Waals surface area contributed by atoms with Crippen molar-refractivity contribution < 1.29 is 19.4 Å². The van der Waals surface area contributed by atoms with Crippen molar-refractivity contribution in [3.63, 3.8) is 0 Å². The zero-order chi connectivity index (χ0) is 16.0. The summed E-state index contributed by atoms with van der Waals surface area (Å²) in [5.74, 6) is -0.233. The van der Waals surface area contributed by atoms with E-state index in [-0.39, 0.29) is 24.8 Å². The molecule has 1 amide bonds. The fraction of sp³-hybridized carbons (Fsp3) is 0.500. The number of amides is 1. The fourth-order valence-corrected chi connectivity index (χ4v) is 2.06. The molecular weight excluding hydrogens is 270 g/mol. The molecule has 0 spiro atoms. The molecule has 1 aromatic rings. The van der Waals surface area contributed by atoms with Crippen LogP contribution in [0, 0.1) is 12.8 Å². The standard InChI is InChI=1S/C16H23NO4/c1-11(2)9-15(18)17(8-7-16(19)20)13-10-12(3)5-6-14(13)21-4/h5-6,10-11H,7-9H2,1-4H3,(H,19,20). The Morgan fingerprint density at radius 2 is 2.00 bits per heavy atom. The van der Waals surface area contributed by atoms with Gasteiger partial charge in [0.1, 0.15) is 5.75 Å². The first kappa shape index (κ1) is 17.0. The van der Waals surface area contributed by atoms with E-state index in [0.29, 0.717) is 17.9 Å². The zero-order valence-electron chi connectivity index (χ0n) is 13.0. The first-order chi connectivity index (χ1) is 9.85. The molecule has 0 aliphatic carbocycles. The number of nitrogens with zero attached hydrogens (tertiary/aromatic N) is 1. The van der Waals surface area contributed by atoms with Crippen LogP contribution >= 0.6 is 0 Å². The summed E-state index contributed by atoms with van der Waals surface area (Å²) < 4.78 is 5.30. The Morgan fingerprint density at radius 1 is 1.33 bits per heavy atom. The van der Waals surface area contributed by atoms with Gasteiger partial charge in [-0.1, -0.05) is 19.9 Å². The van der Waals surface area contributed by atoms with Crippen molar-refractivity contribution in [1.29, 1.82) is 0 Å². The van der Waals surface area contributed by atoms with Crippen LogP contribution in [-0.4, -0.2) is 30.6 Å². The van der Waals surface area contributed by atoms with E-state index in [1.165, 1.54) is 12.0 Å². The number of methoxy groups -OCH3 is 1. The molecule has 0 aliphatic rings. The summed E-state index contributed by atoms with van der Waals surface area (Å²) in [6, 6.07) is 5.53. The molecule has 0 unspecified atom stereocenters. The summed E-state index contributed by atoms with van der Waals surface area (Å²) >= 11 is 0. The molecule has 21 heavy (non-hydrogen) atoms. The van der Waals surface area contributed by atoms with E-state index in [1.54, 1.807) is 6.07 Å². The van der Waals surface area contributed by atoms with Crippen molar-refractivity contribution in [2.45, 2.75) is 33.6 Å². The molecule has 0 fully saturated rings. The van der Waals surface area contributed by atoms with Crippen molar-refractivity contribution in [2.24, 2.45) is 5.92 Å². The molecule has 0 aliphatic heterocycles. The Labute approximate surface area is 125 Å². The number of aliphatic carboxylic acids is 1. The molecule has 5 nitrogen and oxygen atoms in total. The lowest BCUT2D eigenvalue weighted by Gasteiger charge is -2.25. The summed E-state index contributed by atoms with van der Waals surface area (Å²) in [4.78, 5) is 24.8. The zero-order valence-corrected chi connectivity index (χ0v) is 13.0. The van der Waals surface area contributed by atoms with E-state index in [0.717, 1.165) is 5.56 Å². The minimum absolute atomic E-state index is 0.0878. The van der Waals surface area contributed by atoms with Crippen LogP contribution in [0.3, 0.4) is 0 Å². The normalized spacial score (nSPS) is 10.5. The predicted molar refractivity (Wildman–Crippen MR) is 81.8 cm³/mol. The van der Waals surface area contributed by atoms with Crippen LogP contribution in [-0.2, 0) is 9.59 Å². The van der Waals surface area contributed by atoms with Gasteiger partial charge in [0.25, 0.3) is 0 Å². The smallest absolute Gasteiger partial charge is 0.305 e. The Morgan fingerprint density at radius 3 is 2.52 bits per heavy atom. The maximum atomic E-state index is 12.4. The SMILES string of the molecule is COc1ccc(C)cc1N(CCC(=O)O)C(=O)CC(C)C. The summed E-state index contributed by atoms with van der Waals surface area (Å²) in [7, 11) is 1.54. The lowest BCUT2D eigenvalue weighted by molar-refractivity contribution is -0.136. The highest BCUT2D eigenvalue weighted by Gasteiger charge is 2.21. The predicted octanol–water partition coefficient (Wildman–Crippen LogP) is 2.86. The number of hydrogen-bond donors (Lipinski definition) is 1. The van der Waals surface area contributed by atoms with Gasteiger partial charge in [0.05, 0.1) is 19.2 Å². The maximum Gasteiger partial charge on any atom is 0.305 e. The molecular formula is C16H23NO4. The molecule has 0 heterocycles. The summed E-state index contributed by atoms with van der Waals surface area (Å²) in [6.07, 6.45) is 0.275. The Hall–Kier alpha value is -2.04. The van der Waals surface area contributed by atoms with Gasteiger partial charge in [0.15, 0.2) is 0 Å². The number of ether oxygens (including phenoxy) is 1. The van der Waals surface area contributed by atoms with Gasteiger partial charge in [0.2, 0.25) is 5.91 Å². The first-order valence-electron chi connectivity index (χ1n) is 7.02. The maximum absolute atomic E-state index is 12.4. The van der Waals surface area contributed by atoms with E-state index < -0.39 is 5.97 Å². The summed E-state index contributed by atoms with van der Waals surface area (Å²) in [5.41, 5.74) is 1.62. The Kier molecular flexibility index (Phi) is 6.21. The lowest BCUT2D eigenvalue weighted by Crippen LogP contribution is -2.34. The molecule has 0 bridgehead atoms. The second-order valence-corrected chi connectivity index (χ2v) is 5.46.